The van der Waals surface area contributed by atoms with Crippen LogP contribution in [0.2, 0.25) is 0 Å². The third-order valence-electron chi connectivity index (χ3n) is 2.34. The lowest BCUT2D eigenvalue weighted by atomic mass is 9.98. The molecule has 0 saturated carbocycles. The van der Waals surface area contributed by atoms with Gasteiger partial charge in [0.15, 0.2) is 0 Å². The predicted octanol–water partition coefficient (Wildman–Crippen LogP) is 1.48. The van der Waals surface area contributed by atoms with Gasteiger partial charge in [0.25, 0.3) is 5.92 Å². The van der Waals surface area contributed by atoms with Gasteiger partial charge in [-0.2, -0.15) is 0 Å². The van der Waals surface area contributed by atoms with Crippen molar-refractivity contribution in [2.24, 2.45) is 5.73 Å². The van der Waals surface area contributed by atoms with Gasteiger partial charge >= 0.3 is 5.97 Å². The molecule has 8 heteroatoms. The van der Waals surface area contributed by atoms with Crippen LogP contribution < -0.4 is 5.73 Å². The van der Waals surface area contributed by atoms with Crippen LogP contribution in [0.15, 0.2) is 16.6 Å². The van der Waals surface area contributed by atoms with Crippen LogP contribution in [0.1, 0.15) is 22.0 Å². The standard InChI is InChI=1S/C10H10BrF2NO4/c11-6-2-4(9(17)18)1-5(7(6)16)8(14)10(12,13)3-15/h1-2,8,15-16H,3,14H2,(H,17,18)/t8-/m1/s1. The van der Waals surface area contributed by atoms with Crippen LogP contribution in [0.4, 0.5) is 8.78 Å². The molecular formula is C10H10BrF2NO4. The summed E-state index contributed by atoms with van der Waals surface area (Å²) in [5, 5.41) is 26.9. The Morgan fingerprint density at radius 3 is 2.50 bits per heavy atom. The van der Waals surface area contributed by atoms with Gasteiger partial charge in [0.2, 0.25) is 0 Å². The van der Waals surface area contributed by atoms with Crippen LogP contribution >= 0.6 is 15.9 Å². The number of aliphatic hydroxyl groups is 1. The summed E-state index contributed by atoms with van der Waals surface area (Å²) in [6, 6.07) is -0.111. The van der Waals surface area contributed by atoms with Gasteiger partial charge in [0.05, 0.1) is 10.0 Å². The smallest absolute Gasteiger partial charge is 0.335 e. The van der Waals surface area contributed by atoms with E-state index in [1.807, 2.05) is 0 Å². The van der Waals surface area contributed by atoms with Gasteiger partial charge in [0, 0.05) is 5.56 Å². The van der Waals surface area contributed by atoms with Crippen molar-refractivity contribution in [1.29, 1.82) is 0 Å². The number of alkyl halides is 2. The summed E-state index contributed by atoms with van der Waals surface area (Å²) >= 11 is 2.85. The molecule has 0 unspecified atom stereocenters. The van der Waals surface area contributed by atoms with Gasteiger partial charge in [-0.15, -0.1) is 0 Å². The molecule has 0 spiro atoms. The highest BCUT2D eigenvalue weighted by atomic mass is 79.9. The molecule has 5 N–H and O–H groups in total. The molecule has 0 radical (unpaired) electrons. The normalized spacial score (nSPS) is 13.4. The van der Waals surface area contributed by atoms with Gasteiger partial charge in [0.1, 0.15) is 18.4 Å². The van der Waals surface area contributed by atoms with Crippen LogP contribution in [0.3, 0.4) is 0 Å². The van der Waals surface area contributed by atoms with Crippen molar-refractivity contribution in [3.05, 3.63) is 27.7 Å². The molecule has 1 rings (SSSR count). The van der Waals surface area contributed by atoms with E-state index in [0.29, 0.717) is 0 Å². The van der Waals surface area contributed by atoms with Crippen molar-refractivity contribution in [3.63, 3.8) is 0 Å². The van der Waals surface area contributed by atoms with E-state index in [9.17, 15) is 18.7 Å². The number of rotatable bonds is 4. The number of hydrogen-bond donors (Lipinski definition) is 4. The first-order chi connectivity index (χ1) is 8.20. The number of benzene rings is 1. The largest absolute Gasteiger partial charge is 0.506 e. The van der Waals surface area contributed by atoms with Crippen molar-refractivity contribution < 1.29 is 28.9 Å². The summed E-state index contributed by atoms with van der Waals surface area (Å²) in [6.45, 7) is -1.51. The maximum absolute atomic E-state index is 13.2. The first-order valence-electron chi connectivity index (χ1n) is 4.70. The molecule has 0 heterocycles. The summed E-state index contributed by atoms with van der Waals surface area (Å²) in [5.74, 6) is -5.61. The molecule has 1 aromatic carbocycles. The van der Waals surface area contributed by atoms with Crippen molar-refractivity contribution >= 4 is 21.9 Å². The second-order valence-corrected chi connectivity index (χ2v) is 4.45. The monoisotopic (exact) mass is 325 g/mol. The lowest BCUT2D eigenvalue weighted by Gasteiger charge is -2.23. The fourth-order valence-electron chi connectivity index (χ4n) is 1.31. The number of carboxylic acid groups (broad SMARTS) is 1. The topological polar surface area (TPSA) is 104 Å². The molecule has 0 aliphatic heterocycles. The van der Waals surface area contributed by atoms with Crippen LogP contribution in [0.25, 0.3) is 0 Å². The molecule has 0 bridgehead atoms. The summed E-state index contributed by atoms with van der Waals surface area (Å²) in [7, 11) is 0. The maximum Gasteiger partial charge on any atom is 0.335 e. The summed E-state index contributed by atoms with van der Waals surface area (Å²) in [6.07, 6.45) is 0. The van der Waals surface area contributed by atoms with Crippen molar-refractivity contribution in [2.45, 2.75) is 12.0 Å². The van der Waals surface area contributed by atoms with E-state index in [0.717, 1.165) is 12.1 Å². The molecule has 1 atom stereocenters. The van der Waals surface area contributed by atoms with Crippen molar-refractivity contribution in [2.75, 3.05) is 6.61 Å². The average molecular weight is 326 g/mol. The number of carboxylic acids is 1. The highest BCUT2D eigenvalue weighted by Crippen LogP contribution is 2.38. The van der Waals surface area contributed by atoms with Gasteiger partial charge in [-0.1, -0.05) is 0 Å². The van der Waals surface area contributed by atoms with E-state index in [1.54, 1.807) is 0 Å². The highest BCUT2D eigenvalue weighted by molar-refractivity contribution is 9.10. The summed E-state index contributed by atoms with van der Waals surface area (Å²) in [4.78, 5) is 10.8. The van der Waals surface area contributed by atoms with Crippen molar-refractivity contribution in [1.82, 2.24) is 0 Å². The average Bonchev–Trinajstić information content (AvgIpc) is 2.31. The third kappa shape index (κ3) is 2.77. The highest BCUT2D eigenvalue weighted by Gasteiger charge is 2.39. The van der Waals surface area contributed by atoms with Crippen LogP contribution in [0.5, 0.6) is 5.75 Å². The second kappa shape index (κ2) is 5.17. The van der Waals surface area contributed by atoms with E-state index in [-0.39, 0.29) is 10.0 Å². The zero-order valence-electron chi connectivity index (χ0n) is 8.90. The number of halogens is 3. The summed E-state index contributed by atoms with van der Waals surface area (Å²) < 4.78 is 26.4. The molecule has 0 aliphatic carbocycles. The Morgan fingerprint density at radius 2 is 2.06 bits per heavy atom. The quantitative estimate of drug-likeness (QED) is 0.671. The van der Waals surface area contributed by atoms with Gasteiger partial charge in [-0.3, -0.25) is 0 Å². The van der Waals surface area contributed by atoms with E-state index >= 15 is 0 Å². The van der Waals surface area contributed by atoms with Crippen molar-refractivity contribution in [3.8, 4) is 5.75 Å². The minimum absolute atomic E-state index is 0.0680. The number of hydrogen-bond acceptors (Lipinski definition) is 4. The molecule has 0 fully saturated rings. The molecular weight excluding hydrogens is 316 g/mol. The SMILES string of the molecule is N[C@H](c1cc(C(=O)O)cc(Br)c1O)C(F)(F)CO. The Balaban J connectivity index is 3.35. The number of phenolic OH excluding ortho intramolecular Hbond substituents is 1. The fourth-order valence-corrected chi connectivity index (χ4v) is 1.78. The molecule has 0 aromatic heterocycles. The third-order valence-corrected chi connectivity index (χ3v) is 2.95. The second-order valence-electron chi connectivity index (χ2n) is 3.60. The minimum atomic E-state index is -3.67. The lowest BCUT2D eigenvalue weighted by Crippen LogP contribution is -2.36. The lowest BCUT2D eigenvalue weighted by molar-refractivity contribution is -0.0716. The number of aromatic hydroxyl groups is 1. The molecule has 0 aliphatic rings. The number of nitrogens with two attached hydrogens (primary N) is 1. The first-order valence-corrected chi connectivity index (χ1v) is 5.50. The Kier molecular flexibility index (Phi) is 4.25. The zero-order chi connectivity index (χ0) is 14.1. The number of phenols is 1. The minimum Gasteiger partial charge on any atom is -0.506 e. The number of aliphatic hydroxyl groups excluding tert-OH is 1. The molecule has 0 saturated heterocycles. The van der Waals surface area contributed by atoms with E-state index in [1.165, 1.54) is 0 Å². The van der Waals surface area contributed by atoms with Gasteiger partial charge in [-0.25, -0.2) is 13.6 Å². The van der Waals surface area contributed by atoms with E-state index in [2.05, 4.69) is 15.9 Å². The zero-order valence-corrected chi connectivity index (χ0v) is 10.5. The summed E-state index contributed by atoms with van der Waals surface area (Å²) in [5.41, 5.74) is 4.47. The maximum atomic E-state index is 13.2. The molecule has 100 valence electrons. The van der Waals surface area contributed by atoms with E-state index < -0.39 is 35.9 Å². The van der Waals surface area contributed by atoms with Gasteiger partial charge < -0.3 is 21.1 Å². The Bertz CT molecular complexity index is 481. The number of aromatic carboxylic acids is 1. The Hall–Kier alpha value is -1.25. The first kappa shape index (κ1) is 14.8. The molecule has 1 aromatic rings. The number of carbonyl (C=O) groups is 1. The Labute approximate surface area is 109 Å². The molecule has 5 nitrogen and oxygen atoms in total. The Morgan fingerprint density at radius 1 is 1.50 bits per heavy atom. The van der Waals surface area contributed by atoms with Gasteiger partial charge in [-0.05, 0) is 28.1 Å². The van der Waals surface area contributed by atoms with Crippen LogP contribution in [0, 0.1) is 0 Å². The molecule has 18 heavy (non-hydrogen) atoms. The van der Waals surface area contributed by atoms with Crippen LogP contribution in [-0.4, -0.2) is 33.8 Å². The predicted molar refractivity (Wildman–Crippen MR) is 61.7 cm³/mol. The molecule has 0 amide bonds. The van der Waals surface area contributed by atoms with E-state index in [4.69, 9.17) is 15.9 Å². The fraction of sp³-hybridized carbons (Fsp3) is 0.300. The van der Waals surface area contributed by atoms with Crippen LogP contribution in [-0.2, 0) is 0 Å².